The van der Waals surface area contributed by atoms with Crippen LogP contribution in [0.4, 0.5) is 6.01 Å². The van der Waals surface area contributed by atoms with Gasteiger partial charge in [-0.15, -0.1) is 16.9 Å². The van der Waals surface area contributed by atoms with E-state index in [4.69, 9.17) is 8.83 Å². The normalized spacial score (nSPS) is 10.5. The van der Waals surface area contributed by atoms with Gasteiger partial charge in [-0.05, 0) is 42.7 Å². The zero-order valence-electron chi connectivity index (χ0n) is 11.1. The lowest BCUT2D eigenvalue weighted by atomic mass is 10.2. The maximum absolute atomic E-state index is 12.0. The molecule has 1 N–H and O–H groups in total. The van der Waals surface area contributed by atoms with Gasteiger partial charge in [0.1, 0.15) is 0 Å². The third-order valence-corrected chi connectivity index (χ3v) is 3.47. The third-order valence-electron chi connectivity index (χ3n) is 2.73. The van der Waals surface area contributed by atoms with Crippen LogP contribution in [-0.4, -0.2) is 22.4 Å². The van der Waals surface area contributed by atoms with E-state index in [2.05, 4.69) is 15.5 Å². The molecular formula is C14H11N3O3S. The van der Waals surface area contributed by atoms with Crippen LogP contribution in [0.3, 0.4) is 0 Å². The first-order chi connectivity index (χ1) is 10.3. The van der Waals surface area contributed by atoms with Crippen LogP contribution in [0.2, 0.25) is 0 Å². The molecule has 0 saturated heterocycles. The second-order valence-electron chi connectivity index (χ2n) is 4.07. The minimum absolute atomic E-state index is 0.0281. The fourth-order valence-electron chi connectivity index (χ4n) is 1.69. The average molecular weight is 301 g/mol. The van der Waals surface area contributed by atoms with E-state index < -0.39 is 0 Å². The van der Waals surface area contributed by atoms with Crippen LogP contribution >= 0.6 is 11.8 Å². The Kier molecular flexibility index (Phi) is 3.74. The summed E-state index contributed by atoms with van der Waals surface area (Å²) in [5, 5.41) is 10.1. The van der Waals surface area contributed by atoms with Gasteiger partial charge in [0, 0.05) is 10.5 Å². The topological polar surface area (TPSA) is 81.2 Å². The fourth-order valence-corrected chi connectivity index (χ4v) is 2.09. The second-order valence-corrected chi connectivity index (χ2v) is 4.95. The highest BCUT2D eigenvalue weighted by Gasteiger charge is 2.14. The van der Waals surface area contributed by atoms with Gasteiger partial charge in [0.2, 0.25) is 0 Å². The van der Waals surface area contributed by atoms with E-state index in [-0.39, 0.29) is 17.8 Å². The Morgan fingerprint density at radius 1 is 1.19 bits per heavy atom. The van der Waals surface area contributed by atoms with Gasteiger partial charge in [-0.3, -0.25) is 10.1 Å². The van der Waals surface area contributed by atoms with Gasteiger partial charge in [-0.1, -0.05) is 5.10 Å². The van der Waals surface area contributed by atoms with Crippen LogP contribution in [0.5, 0.6) is 0 Å². The Balaban J connectivity index is 1.72. The molecule has 3 aromatic rings. The van der Waals surface area contributed by atoms with Crippen molar-refractivity contribution < 1.29 is 13.6 Å². The summed E-state index contributed by atoms with van der Waals surface area (Å²) in [5.74, 6) is 0.359. The molecule has 1 amide bonds. The number of benzene rings is 1. The van der Waals surface area contributed by atoms with Crippen LogP contribution in [0.15, 0.2) is 56.4 Å². The largest absolute Gasteiger partial charge is 0.459 e. The number of rotatable bonds is 4. The maximum Gasteiger partial charge on any atom is 0.322 e. The first kappa shape index (κ1) is 13.4. The van der Waals surface area contributed by atoms with Gasteiger partial charge in [0.05, 0.1) is 6.26 Å². The van der Waals surface area contributed by atoms with Crippen molar-refractivity contribution in [2.24, 2.45) is 0 Å². The maximum atomic E-state index is 12.0. The molecule has 7 heteroatoms. The molecule has 0 unspecified atom stereocenters. The number of nitrogens with one attached hydrogen (secondary N) is 1. The number of amides is 1. The Morgan fingerprint density at radius 2 is 2.00 bits per heavy atom. The Morgan fingerprint density at radius 3 is 2.67 bits per heavy atom. The van der Waals surface area contributed by atoms with E-state index >= 15 is 0 Å². The molecule has 0 atom stereocenters. The average Bonchev–Trinajstić information content (AvgIpc) is 3.18. The molecule has 2 heterocycles. The van der Waals surface area contributed by atoms with Gasteiger partial charge in [-0.2, -0.15) is 0 Å². The highest BCUT2D eigenvalue weighted by Crippen LogP contribution is 2.20. The molecule has 106 valence electrons. The Bertz CT molecular complexity index is 735. The Hall–Kier alpha value is -2.54. The number of thioether (sulfide) groups is 1. The number of hydrogen-bond acceptors (Lipinski definition) is 6. The van der Waals surface area contributed by atoms with Gasteiger partial charge >= 0.3 is 6.01 Å². The predicted octanol–water partition coefficient (Wildman–Crippen LogP) is 3.30. The monoisotopic (exact) mass is 301 g/mol. The number of anilines is 1. The van der Waals surface area contributed by atoms with E-state index in [0.717, 1.165) is 4.90 Å². The highest BCUT2D eigenvalue weighted by molar-refractivity contribution is 7.98. The molecule has 0 bridgehead atoms. The molecule has 21 heavy (non-hydrogen) atoms. The van der Waals surface area contributed by atoms with Gasteiger partial charge in [0.25, 0.3) is 11.8 Å². The molecule has 0 radical (unpaired) electrons. The molecular weight excluding hydrogens is 290 g/mol. The van der Waals surface area contributed by atoms with E-state index in [1.54, 1.807) is 36.0 Å². The van der Waals surface area contributed by atoms with E-state index in [1.165, 1.54) is 6.26 Å². The minimum Gasteiger partial charge on any atom is -0.459 e. The highest BCUT2D eigenvalue weighted by atomic mass is 32.2. The van der Waals surface area contributed by atoms with Crippen molar-refractivity contribution in [1.29, 1.82) is 0 Å². The standard InChI is InChI=1S/C14H11N3O3S/c1-21-10-6-4-9(5-7-10)12(18)15-14-17-16-13(20-14)11-3-2-8-19-11/h2-8H,1H3,(H,15,17,18). The molecule has 0 saturated carbocycles. The molecule has 0 aliphatic carbocycles. The first-order valence-electron chi connectivity index (χ1n) is 6.09. The molecule has 6 nitrogen and oxygen atoms in total. The van der Waals surface area contributed by atoms with E-state index in [9.17, 15) is 4.79 Å². The molecule has 0 aliphatic rings. The molecule has 0 fully saturated rings. The second kappa shape index (κ2) is 5.84. The lowest BCUT2D eigenvalue weighted by Crippen LogP contribution is -2.11. The lowest BCUT2D eigenvalue weighted by molar-refractivity contribution is 0.102. The predicted molar refractivity (Wildman–Crippen MR) is 78.2 cm³/mol. The summed E-state index contributed by atoms with van der Waals surface area (Å²) in [6.45, 7) is 0. The summed E-state index contributed by atoms with van der Waals surface area (Å²) < 4.78 is 10.4. The van der Waals surface area contributed by atoms with Gasteiger partial charge in [0.15, 0.2) is 5.76 Å². The summed E-state index contributed by atoms with van der Waals surface area (Å²) in [6, 6.07) is 10.7. The summed E-state index contributed by atoms with van der Waals surface area (Å²) in [4.78, 5) is 13.1. The van der Waals surface area contributed by atoms with Crippen LogP contribution in [-0.2, 0) is 0 Å². The van der Waals surface area contributed by atoms with Crippen LogP contribution in [0.25, 0.3) is 11.7 Å². The smallest absolute Gasteiger partial charge is 0.322 e. The Labute approximate surface area is 124 Å². The quantitative estimate of drug-likeness (QED) is 0.745. The van der Waals surface area contributed by atoms with Gasteiger partial charge < -0.3 is 8.83 Å². The lowest BCUT2D eigenvalue weighted by Gasteiger charge is -2.01. The van der Waals surface area contributed by atoms with Crippen LogP contribution < -0.4 is 5.32 Å². The summed E-state index contributed by atoms with van der Waals surface area (Å²) in [6.07, 6.45) is 3.48. The molecule has 2 aromatic heterocycles. The van der Waals surface area contributed by atoms with Crippen molar-refractivity contribution in [3.63, 3.8) is 0 Å². The van der Waals surface area contributed by atoms with Crippen molar-refractivity contribution in [3.8, 4) is 11.7 Å². The van der Waals surface area contributed by atoms with Crippen molar-refractivity contribution in [2.75, 3.05) is 11.6 Å². The minimum atomic E-state index is -0.308. The molecule has 0 spiro atoms. The zero-order chi connectivity index (χ0) is 14.7. The molecule has 1 aromatic carbocycles. The number of nitrogens with zero attached hydrogens (tertiary/aromatic N) is 2. The van der Waals surface area contributed by atoms with Crippen LogP contribution in [0.1, 0.15) is 10.4 Å². The molecule has 3 rings (SSSR count). The third kappa shape index (κ3) is 2.97. The SMILES string of the molecule is CSc1ccc(C(=O)Nc2nnc(-c3ccco3)o2)cc1. The number of furan rings is 1. The van der Waals surface area contributed by atoms with Crippen molar-refractivity contribution in [2.45, 2.75) is 4.90 Å². The summed E-state index contributed by atoms with van der Waals surface area (Å²) in [5.41, 5.74) is 0.519. The number of aromatic nitrogens is 2. The van der Waals surface area contributed by atoms with E-state index in [0.29, 0.717) is 11.3 Å². The number of carbonyl (C=O) groups excluding carboxylic acids is 1. The van der Waals surface area contributed by atoms with Crippen LogP contribution in [0, 0.1) is 0 Å². The first-order valence-corrected chi connectivity index (χ1v) is 7.31. The van der Waals surface area contributed by atoms with Gasteiger partial charge in [-0.25, -0.2) is 0 Å². The van der Waals surface area contributed by atoms with Crippen molar-refractivity contribution in [3.05, 3.63) is 48.2 Å². The molecule has 0 aliphatic heterocycles. The van der Waals surface area contributed by atoms with E-state index in [1.807, 2.05) is 18.4 Å². The summed E-state index contributed by atoms with van der Waals surface area (Å²) in [7, 11) is 0. The summed E-state index contributed by atoms with van der Waals surface area (Å²) >= 11 is 1.61. The number of carbonyl (C=O) groups is 1. The van der Waals surface area contributed by atoms with Crippen molar-refractivity contribution in [1.82, 2.24) is 10.2 Å². The zero-order valence-corrected chi connectivity index (χ0v) is 11.9. The van der Waals surface area contributed by atoms with Crippen molar-refractivity contribution >= 4 is 23.7 Å². The number of hydrogen-bond donors (Lipinski definition) is 1. The fraction of sp³-hybridized carbons (Fsp3) is 0.0714.